The van der Waals surface area contributed by atoms with Gasteiger partial charge in [0.05, 0.1) is 0 Å². The van der Waals surface area contributed by atoms with Gasteiger partial charge in [0, 0.05) is 18.5 Å². The third-order valence-electron chi connectivity index (χ3n) is 3.85. The monoisotopic (exact) mass is 282 g/mol. The Balaban J connectivity index is 2.23. The normalized spacial score (nSPS) is 24.7. The van der Waals surface area contributed by atoms with Gasteiger partial charge in [0.1, 0.15) is 10.7 Å². The van der Waals surface area contributed by atoms with Crippen LogP contribution in [0.25, 0.3) is 0 Å². The Hall–Kier alpha value is -1.10. The molecule has 19 heavy (non-hydrogen) atoms. The van der Waals surface area contributed by atoms with Crippen LogP contribution in [0, 0.1) is 5.92 Å². The van der Waals surface area contributed by atoms with Crippen molar-refractivity contribution in [3.63, 3.8) is 0 Å². The first-order valence-corrected chi connectivity index (χ1v) is 8.79. The van der Waals surface area contributed by atoms with Crippen molar-refractivity contribution in [2.45, 2.75) is 50.0 Å². The van der Waals surface area contributed by atoms with Crippen LogP contribution in [0.15, 0.2) is 23.2 Å². The van der Waals surface area contributed by atoms with Gasteiger partial charge in [-0.3, -0.25) is 0 Å². The van der Waals surface area contributed by atoms with Gasteiger partial charge < -0.3 is 5.32 Å². The molecule has 2 atom stereocenters. The fourth-order valence-corrected chi connectivity index (χ4v) is 3.47. The van der Waals surface area contributed by atoms with E-state index in [0.717, 1.165) is 6.42 Å². The van der Waals surface area contributed by atoms with E-state index in [9.17, 15) is 8.42 Å². The number of hydrogen-bond acceptors (Lipinski definition) is 4. The lowest BCUT2D eigenvalue weighted by atomic mass is 9.97. The zero-order valence-electron chi connectivity index (χ0n) is 11.6. The maximum Gasteiger partial charge on any atom is 0.179 e. The molecule has 1 saturated carbocycles. The van der Waals surface area contributed by atoms with Crippen molar-refractivity contribution in [2.75, 3.05) is 11.6 Å². The maximum absolute atomic E-state index is 11.8. The molecule has 2 unspecified atom stereocenters. The van der Waals surface area contributed by atoms with Crippen molar-refractivity contribution in [2.24, 2.45) is 5.92 Å². The second kappa shape index (κ2) is 5.90. The Morgan fingerprint density at radius 2 is 2.00 bits per heavy atom. The molecule has 0 saturated heterocycles. The molecule has 1 fully saturated rings. The number of aromatic nitrogens is 1. The summed E-state index contributed by atoms with van der Waals surface area (Å²) in [5, 5.41) is 3.36. The molecule has 1 aliphatic carbocycles. The number of sulfone groups is 1. The number of anilines is 1. The SMILES string of the molecule is CC1CCCCCC1Nc1ncccc1S(C)(=O)=O. The summed E-state index contributed by atoms with van der Waals surface area (Å²) < 4.78 is 23.5. The molecule has 5 heteroatoms. The third-order valence-corrected chi connectivity index (χ3v) is 4.98. The summed E-state index contributed by atoms with van der Waals surface area (Å²) in [6, 6.07) is 3.60. The Kier molecular flexibility index (Phi) is 4.45. The van der Waals surface area contributed by atoms with E-state index in [4.69, 9.17) is 0 Å². The molecule has 1 heterocycles. The molecule has 1 aliphatic rings. The summed E-state index contributed by atoms with van der Waals surface area (Å²) in [6.45, 7) is 2.23. The fourth-order valence-electron chi connectivity index (χ4n) is 2.68. The van der Waals surface area contributed by atoms with Gasteiger partial charge in [-0.05, 0) is 30.9 Å². The highest BCUT2D eigenvalue weighted by Gasteiger charge is 2.22. The van der Waals surface area contributed by atoms with E-state index in [0.29, 0.717) is 22.7 Å². The molecule has 1 N–H and O–H groups in total. The Bertz CT molecular complexity index is 528. The number of pyridine rings is 1. The van der Waals surface area contributed by atoms with Crippen molar-refractivity contribution in [1.82, 2.24) is 4.98 Å². The van der Waals surface area contributed by atoms with E-state index >= 15 is 0 Å². The summed E-state index contributed by atoms with van der Waals surface area (Å²) in [5.74, 6) is 1.06. The molecule has 106 valence electrons. The first kappa shape index (κ1) is 14.3. The highest BCUT2D eigenvalue weighted by molar-refractivity contribution is 7.90. The third kappa shape index (κ3) is 3.69. The lowest BCUT2D eigenvalue weighted by molar-refractivity contribution is 0.455. The summed E-state index contributed by atoms with van der Waals surface area (Å²) in [7, 11) is -3.24. The van der Waals surface area contributed by atoms with Gasteiger partial charge in [-0.15, -0.1) is 0 Å². The molecular weight excluding hydrogens is 260 g/mol. The van der Waals surface area contributed by atoms with Gasteiger partial charge in [-0.2, -0.15) is 0 Å². The smallest absolute Gasteiger partial charge is 0.179 e. The van der Waals surface area contributed by atoms with Crippen LogP contribution in [0.2, 0.25) is 0 Å². The van der Waals surface area contributed by atoms with Crippen molar-refractivity contribution in [3.05, 3.63) is 18.3 Å². The van der Waals surface area contributed by atoms with Crippen LogP contribution in [0.5, 0.6) is 0 Å². The van der Waals surface area contributed by atoms with Crippen molar-refractivity contribution in [1.29, 1.82) is 0 Å². The Morgan fingerprint density at radius 1 is 1.26 bits per heavy atom. The molecule has 0 amide bonds. The average molecular weight is 282 g/mol. The quantitative estimate of drug-likeness (QED) is 0.866. The average Bonchev–Trinajstić information content (AvgIpc) is 2.54. The standard InChI is InChI=1S/C14H22N2O2S/c1-11-7-4-3-5-8-12(11)16-14-13(19(2,17)18)9-6-10-15-14/h6,9-12H,3-5,7-8H2,1-2H3,(H,15,16). The number of rotatable bonds is 3. The fraction of sp³-hybridized carbons (Fsp3) is 0.643. The topological polar surface area (TPSA) is 59.1 Å². The van der Waals surface area contributed by atoms with Crippen LogP contribution >= 0.6 is 0 Å². The molecular formula is C14H22N2O2S. The predicted molar refractivity (Wildman–Crippen MR) is 77.0 cm³/mol. The Morgan fingerprint density at radius 3 is 2.74 bits per heavy atom. The zero-order chi connectivity index (χ0) is 13.9. The van der Waals surface area contributed by atoms with Gasteiger partial charge in [0.25, 0.3) is 0 Å². The van der Waals surface area contributed by atoms with E-state index in [2.05, 4.69) is 17.2 Å². The summed E-state index contributed by atoms with van der Waals surface area (Å²) >= 11 is 0. The van der Waals surface area contributed by atoms with Gasteiger partial charge in [-0.25, -0.2) is 13.4 Å². The minimum atomic E-state index is -3.24. The number of nitrogens with zero attached hydrogens (tertiary/aromatic N) is 1. The van der Waals surface area contributed by atoms with Crippen LogP contribution in [0.3, 0.4) is 0 Å². The van der Waals surface area contributed by atoms with Crippen LogP contribution < -0.4 is 5.32 Å². The molecule has 0 radical (unpaired) electrons. The molecule has 2 rings (SSSR count). The first-order valence-electron chi connectivity index (χ1n) is 6.90. The van der Waals surface area contributed by atoms with Crippen molar-refractivity contribution < 1.29 is 8.42 Å². The summed E-state index contributed by atoms with van der Waals surface area (Å²) in [4.78, 5) is 4.51. The number of hydrogen-bond donors (Lipinski definition) is 1. The second-order valence-electron chi connectivity index (χ2n) is 5.49. The van der Waals surface area contributed by atoms with Gasteiger partial charge >= 0.3 is 0 Å². The molecule has 0 spiro atoms. The van der Waals surface area contributed by atoms with Crippen LogP contribution in [0.4, 0.5) is 5.82 Å². The largest absolute Gasteiger partial charge is 0.366 e. The van der Waals surface area contributed by atoms with E-state index in [1.807, 2.05) is 0 Å². The van der Waals surface area contributed by atoms with Crippen molar-refractivity contribution in [3.8, 4) is 0 Å². The molecule has 0 aliphatic heterocycles. The summed E-state index contributed by atoms with van der Waals surface area (Å²) in [6.07, 6.45) is 8.87. The molecule has 0 bridgehead atoms. The second-order valence-corrected chi connectivity index (χ2v) is 7.47. The van der Waals surface area contributed by atoms with E-state index in [1.165, 1.54) is 31.9 Å². The molecule has 1 aromatic rings. The summed E-state index contributed by atoms with van der Waals surface area (Å²) in [5.41, 5.74) is 0. The Labute approximate surface area is 115 Å². The number of nitrogens with one attached hydrogen (secondary N) is 1. The van der Waals surface area contributed by atoms with Gasteiger partial charge in [0.2, 0.25) is 0 Å². The molecule has 1 aromatic heterocycles. The maximum atomic E-state index is 11.8. The van der Waals surface area contributed by atoms with E-state index < -0.39 is 9.84 Å². The van der Waals surface area contributed by atoms with Gasteiger partial charge in [0.15, 0.2) is 9.84 Å². The lowest BCUT2D eigenvalue weighted by Crippen LogP contribution is -2.27. The van der Waals surface area contributed by atoms with E-state index in [-0.39, 0.29) is 0 Å². The van der Waals surface area contributed by atoms with Crippen LogP contribution in [0.1, 0.15) is 39.0 Å². The molecule has 0 aromatic carbocycles. The highest BCUT2D eigenvalue weighted by Crippen LogP contribution is 2.27. The zero-order valence-corrected chi connectivity index (χ0v) is 12.4. The molecule has 4 nitrogen and oxygen atoms in total. The predicted octanol–water partition coefficient (Wildman–Crippen LogP) is 2.87. The van der Waals surface area contributed by atoms with Crippen LogP contribution in [-0.4, -0.2) is 25.7 Å². The minimum absolute atomic E-state index is 0.298. The van der Waals surface area contributed by atoms with Crippen molar-refractivity contribution >= 4 is 15.7 Å². The van der Waals surface area contributed by atoms with Gasteiger partial charge in [-0.1, -0.05) is 26.2 Å². The minimum Gasteiger partial charge on any atom is -0.366 e. The van der Waals surface area contributed by atoms with E-state index in [1.54, 1.807) is 18.3 Å². The highest BCUT2D eigenvalue weighted by atomic mass is 32.2. The first-order chi connectivity index (χ1) is 8.98. The van der Waals surface area contributed by atoms with Crippen LogP contribution in [-0.2, 0) is 9.84 Å². The lowest BCUT2D eigenvalue weighted by Gasteiger charge is -2.24.